The van der Waals surface area contributed by atoms with Gasteiger partial charge in [-0.05, 0) is 51.9 Å². The maximum atomic E-state index is 12.8. The van der Waals surface area contributed by atoms with Gasteiger partial charge in [0.1, 0.15) is 5.60 Å². The fraction of sp³-hybridized carbons (Fsp3) is 0.889. The molecule has 2 rings (SSSR count). The summed E-state index contributed by atoms with van der Waals surface area (Å²) in [4.78, 5) is 26.2. The molecule has 1 heterocycles. The molecule has 2 fully saturated rings. The topological polar surface area (TPSA) is 76.1 Å². The third-order valence-electron chi connectivity index (χ3n) is 5.17. The van der Waals surface area contributed by atoms with E-state index in [1.165, 1.54) is 7.11 Å². The normalized spacial score (nSPS) is 26.6. The van der Waals surface area contributed by atoms with Crippen molar-refractivity contribution in [3.05, 3.63) is 0 Å². The lowest BCUT2D eigenvalue weighted by molar-refractivity contribution is -0.156. The number of nitrogens with zero attached hydrogens (tertiary/aromatic N) is 1. The summed E-state index contributed by atoms with van der Waals surface area (Å²) in [5, 5.41) is 9.53. The van der Waals surface area contributed by atoms with Crippen LogP contribution in [0, 0.1) is 10.8 Å². The van der Waals surface area contributed by atoms with Crippen LogP contribution in [-0.4, -0.2) is 53.5 Å². The van der Waals surface area contributed by atoms with Gasteiger partial charge in [0.15, 0.2) is 6.10 Å². The first-order valence-electron chi connectivity index (χ1n) is 8.67. The largest absolute Gasteiger partial charge is 0.479 e. The van der Waals surface area contributed by atoms with Crippen molar-refractivity contribution in [3.8, 4) is 0 Å². The number of amides is 1. The molecule has 24 heavy (non-hydrogen) atoms. The van der Waals surface area contributed by atoms with Crippen LogP contribution in [0.2, 0.25) is 0 Å². The summed E-state index contributed by atoms with van der Waals surface area (Å²) >= 11 is 0. The molecule has 0 aromatic carbocycles. The van der Waals surface area contributed by atoms with Crippen molar-refractivity contribution in [2.45, 2.75) is 78.0 Å². The van der Waals surface area contributed by atoms with Crippen molar-refractivity contribution in [2.24, 2.45) is 10.8 Å². The third-order valence-corrected chi connectivity index (χ3v) is 5.17. The lowest BCUT2D eigenvalue weighted by Crippen LogP contribution is -2.57. The summed E-state index contributed by atoms with van der Waals surface area (Å²) in [5.74, 6) is -0.955. The van der Waals surface area contributed by atoms with Gasteiger partial charge >= 0.3 is 12.1 Å². The van der Waals surface area contributed by atoms with Gasteiger partial charge < -0.3 is 19.5 Å². The molecule has 1 saturated heterocycles. The predicted octanol–water partition coefficient (Wildman–Crippen LogP) is 3.29. The molecule has 1 aliphatic carbocycles. The molecule has 6 nitrogen and oxygen atoms in total. The number of carboxylic acid groups (broad SMARTS) is 1. The zero-order valence-corrected chi connectivity index (χ0v) is 15.7. The van der Waals surface area contributed by atoms with Crippen LogP contribution in [0.1, 0.15) is 60.3 Å². The minimum absolute atomic E-state index is 0.00469. The lowest BCUT2D eigenvalue weighted by Gasteiger charge is -2.47. The molecule has 1 saturated carbocycles. The molecule has 6 heteroatoms. The van der Waals surface area contributed by atoms with Crippen molar-refractivity contribution < 1.29 is 24.2 Å². The average Bonchev–Trinajstić information content (AvgIpc) is 3.17. The highest BCUT2D eigenvalue weighted by atomic mass is 16.6. The fourth-order valence-corrected chi connectivity index (χ4v) is 3.94. The van der Waals surface area contributed by atoms with Crippen LogP contribution in [0.15, 0.2) is 0 Å². The highest BCUT2D eigenvalue weighted by Crippen LogP contribution is 2.57. The molecule has 2 unspecified atom stereocenters. The Morgan fingerprint density at radius 1 is 1.21 bits per heavy atom. The van der Waals surface area contributed by atoms with E-state index in [1.54, 1.807) is 4.90 Å². The highest BCUT2D eigenvalue weighted by molar-refractivity contribution is 5.75. The number of likely N-dealkylation sites (tertiary alicyclic amines) is 1. The van der Waals surface area contributed by atoms with E-state index < -0.39 is 23.1 Å². The maximum Gasteiger partial charge on any atom is 0.410 e. The van der Waals surface area contributed by atoms with Crippen molar-refractivity contribution in [3.63, 3.8) is 0 Å². The lowest BCUT2D eigenvalue weighted by atomic mass is 9.75. The van der Waals surface area contributed by atoms with E-state index in [9.17, 15) is 14.7 Å². The molecule has 2 aliphatic rings. The Bertz CT molecular complexity index is 504. The van der Waals surface area contributed by atoms with Crippen LogP contribution in [-0.2, 0) is 14.3 Å². The van der Waals surface area contributed by atoms with E-state index in [1.807, 2.05) is 20.8 Å². The van der Waals surface area contributed by atoms with Gasteiger partial charge in [0.25, 0.3) is 0 Å². The number of hydrogen-bond acceptors (Lipinski definition) is 4. The number of ether oxygens (including phenoxy) is 2. The molecule has 1 N–H and O–H groups in total. The maximum absolute atomic E-state index is 12.8. The Labute approximate surface area is 144 Å². The van der Waals surface area contributed by atoms with E-state index in [0.29, 0.717) is 6.54 Å². The zero-order valence-electron chi connectivity index (χ0n) is 15.7. The second-order valence-corrected chi connectivity index (χ2v) is 9.01. The van der Waals surface area contributed by atoms with E-state index in [0.717, 1.165) is 25.7 Å². The third kappa shape index (κ3) is 3.85. The van der Waals surface area contributed by atoms with Gasteiger partial charge in [-0.1, -0.05) is 13.8 Å². The first kappa shape index (κ1) is 19.0. The molecule has 138 valence electrons. The van der Waals surface area contributed by atoms with Crippen LogP contribution in [0.5, 0.6) is 0 Å². The smallest absolute Gasteiger partial charge is 0.410 e. The van der Waals surface area contributed by atoms with Gasteiger partial charge in [0.2, 0.25) is 0 Å². The van der Waals surface area contributed by atoms with Crippen LogP contribution < -0.4 is 0 Å². The average molecular weight is 341 g/mol. The molecule has 0 spiro atoms. The number of carbonyl (C=O) groups excluding carboxylic acids is 1. The number of hydrogen-bond donors (Lipinski definition) is 1. The second kappa shape index (κ2) is 6.21. The standard InChI is InChI=1S/C18H31NO5/c1-16(2,3)24-15(22)19-11-17(4,5)8-7-12(19)18(9-10-18)13(23-6)14(20)21/h12-13H,7-11H2,1-6H3,(H,20,21). The van der Waals surface area contributed by atoms with Crippen LogP contribution in [0.25, 0.3) is 0 Å². The Balaban J connectivity index is 2.29. The number of rotatable bonds is 4. The Kier molecular flexibility index (Phi) is 4.92. The molecule has 1 amide bonds. The van der Waals surface area contributed by atoms with Crippen molar-refractivity contribution in [1.29, 1.82) is 0 Å². The first-order valence-corrected chi connectivity index (χ1v) is 8.67. The predicted molar refractivity (Wildman–Crippen MR) is 89.8 cm³/mol. The summed E-state index contributed by atoms with van der Waals surface area (Å²) < 4.78 is 10.9. The van der Waals surface area contributed by atoms with Gasteiger partial charge in [-0.15, -0.1) is 0 Å². The quantitative estimate of drug-likeness (QED) is 0.849. The summed E-state index contributed by atoms with van der Waals surface area (Å²) in [6.07, 6.45) is 2.03. The zero-order chi connectivity index (χ0) is 18.3. The van der Waals surface area contributed by atoms with E-state index >= 15 is 0 Å². The van der Waals surface area contributed by atoms with Gasteiger partial charge in [-0.3, -0.25) is 0 Å². The molecule has 0 bridgehead atoms. The summed E-state index contributed by atoms with van der Waals surface area (Å²) in [7, 11) is 1.43. The van der Waals surface area contributed by atoms with E-state index in [4.69, 9.17) is 9.47 Å². The van der Waals surface area contributed by atoms with E-state index in [-0.39, 0.29) is 17.6 Å². The van der Waals surface area contributed by atoms with Gasteiger partial charge in [0.05, 0.1) is 0 Å². The second-order valence-electron chi connectivity index (χ2n) is 9.01. The minimum Gasteiger partial charge on any atom is -0.479 e. The summed E-state index contributed by atoms with van der Waals surface area (Å²) in [6, 6.07) is -0.151. The van der Waals surface area contributed by atoms with Crippen molar-refractivity contribution in [2.75, 3.05) is 13.7 Å². The van der Waals surface area contributed by atoms with E-state index in [2.05, 4.69) is 13.8 Å². The SMILES string of the molecule is COC(C(=O)O)C1(C2CCC(C)(C)CN2C(=O)OC(C)(C)C)CC1. The molecule has 0 radical (unpaired) electrons. The molecule has 2 atom stereocenters. The number of piperidine rings is 1. The molecular formula is C18H31NO5. The number of methoxy groups -OCH3 is 1. The first-order chi connectivity index (χ1) is 10.9. The Hall–Kier alpha value is -1.30. The molecular weight excluding hydrogens is 310 g/mol. The summed E-state index contributed by atoms with van der Waals surface area (Å²) in [6.45, 7) is 10.4. The van der Waals surface area contributed by atoms with Crippen molar-refractivity contribution >= 4 is 12.1 Å². The van der Waals surface area contributed by atoms with Gasteiger partial charge in [0, 0.05) is 25.1 Å². The number of carbonyl (C=O) groups is 2. The van der Waals surface area contributed by atoms with Gasteiger partial charge in [-0.25, -0.2) is 9.59 Å². The van der Waals surface area contributed by atoms with Crippen LogP contribution in [0.4, 0.5) is 4.79 Å². The molecule has 1 aliphatic heterocycles. The number of carboxylic acids is 1. The number of aliphatic carboxylic acids is 1. The monoisotopic (exact) mass is 341 g/mol. The Morgan fingerprint density at radius 3 is 2.21 bits per heavy atom. The minimum atomic E-state index is -0.955. The molecule has 0 aromatic heterocycles. The van der Waals surface area contributed by atoms with Crippen LogP contribution >= 0.6 is 0 Å². The highest BCUT2D eigenvalue weighted by Gasteiger charge is 2.61. The van der Waals surface area contributed by atoms with Gasteiger partial charge in [-0.2, -0.15) is 0 Å². The van der Waals surface area contributed by atoms with Crippen LogP contribution in [0.3, 0.4) is 0 Å². The fourth-order valence-electron chi connectivity index (χ4n) is 3.94. The summed E-state index contributed by atoms with van der Waals surface area (Å²) in [5.41, 5.74) is -1.07. The molecule has 0 aromatic rings. The Morgan fingerprint density at radius 2 is 1.79 bits per heavy atom. The van der Waals surface area contributed by atoms with Crippen molar-refractivity contribution in [1.82, 2.24) is 4.90 Å².